The first kappa shape index (κ1) is 19.7. The van der Waals surface area contributed by atoms with Gasteiger partial charge in [-0.2, -0.15) is 0 Å². The van der Waals surface area contributed by atoms with Crippen LogP contribution in [-0.4, -0.2) is 15.7 Å². The van der Waals surface area contributed by atoms with E-state index < -0.39 is 0 Å². The van der Waals surface area contributed by atoms with Crippen molar-refractivity contribution in [1.29, 1.82) is 0 Å². The molecule has 0 bridgehead atoms. The number of carbonyl (C=O) groups excluding carboxylic acids is 1. The zero-order valence-corrected chi connectivity index (χ0v) is 16.8. The molecule has 5 heteroatoms. The molecule has 28 heavy (non-hydrogen) atoms. The molecule has 146 valence electrons. The van der Waals surface area contributed by atoms with Gasteiger partial charge in [0.05, 0.1) is 5.69 Å². The van der Waals surface area contributed by atoms with E-state index in [9.17, 15) is 9.59 Å². The van der Waals surface area contributed by atoms with Crippen molar-refractivity contribution in [1.82, 2.24) is 9.78 Å². The molecule has 1 aromatic heterocycles. The number of aryl methyl sites for hydroxylation is 1. The van der Waals surface area contributed by atoms with E-state index in [-0.39, 0.29) is 17.4 Å². The summed E-state index contributed by atoms with van der Waals surface area (Å²) in [5.74, 6) is 0.671. The predicted octanol–water partition coefficient (Wildman–Crippen LogP) is 4.44. The number of ether oxygens (including phenoxy) is 1. The first-order chi connectivity index (χ1) is 13.4. The summed E-state index contributed by atoms with van der Waals surface area (Å²) < 4.78 is 7.25. The van der Waals surface area contributed by atoms with Gasteiger partial charge in [-0.25, -0.2) is 4.68 Å². The van der Waals surface area contributed by atoms with E-state index in [1.807, 2.05) is 69.3 Å². The highest BCUT2D eigenvalue weighted by molar-refractivity contribution is 5.76. The molecule has 0 aliphatic rings. The molecule has 0 amide bonds. The molecule has 0 saturated carbocycles. The molecule has 0 aliphatic carbocycles. The van der Waals surface area contributed by atoms with Crippen molar-refractivity contribution < 1.29 is 9.53 Å². The lowest BCUT2D eigenvalue weighted by Crippen LogP contribution is -2.14. The summed E-state index contributed by atoms with van der Waals surface area (Å²) >= 11 is 0. The van der Waals surface area contributed by atoms with Crippen LogP contribution in [0.25, 0.3) is 0 Å². The second-order valence-electron chi connectivity index (χ2n) is 7.35. The minimum Gasteiger partial charge on any atom is -0.489 e. The molecule has 0 aliphatic heterocycles. The maximum absolute atomic E-state index is 12.5. The summed E-state index contributed by atoms with van der Waals surface area (Å²) in [6, 6.07) is 15.9. The second kappa shape index (κ2) is 8.30. The average molecular weight is 378 g/mol. The second-order valence-corrected chi connectivity index (χ2v) is 7.35. The van der Waals surface area contributed by atoms with Crippen LogP contribution in [0.3, 0.4) is 0 Å². The molecule has 0 saturated heterocycles. The number of hydrogen-bond donors (Lipinski definition) is 1. The number of aromatic nitrogens is 2. The van der Waals surface area contributed by atoms with Crippen LogP contribution >= 0.6 is 0 Å². The van der Waals surface area contributed by atoms with Crippen LogP contribution in [0.15, 0.2) is 53.3 Å². The molecule has 3 aromatic rings. The molecule has 1 N–H and O–H groups in total. The van der Waals surface area contributed by atoms with E-state index in [0.717, 1.165) is 28.1 Å². The minimum absolute atomic E-state index is 0.0617. The van der Waals surface area contributed by atoms with Crippen molar-refractivity contribution >= 4 is 5.91 Å². The molecular formula is C23H26N2O3. The lowest BCUT2D eigenvalue weighted by Gasteiger charge is -2.13. The van der Waals surface area contributed by atoms with Gasteiger partial charge in [-0.1, -0.05) is 50.2 Å². The zero-order chi connectivity index (χ0) is 20.3. The predicted molar refractivity (Wildman–Crippen MR) is 110 cm³/mol. The Morgan fingerprint density at radius 1 is 1.14 bits per heavy atom. The van der Waals surface area contributed by atoms with Crippen molar-refractivity contribution in [3.63, 3.8) is 0 Å². The van der Waals surface area contributed by atoms with Crippen molar-refractivity contribution in [2.24, 2.45) is 0 Å². The van der Waals surface area contributed by atoms with Crippen molar-refractivity contribution in [2.45, 2.75) is 46.6 Å². The van der Waals surface area contributed by atoms with Gasteiger partial charge >= 0.3 is 0 Å². The summed E-state index contributed by atoms with van der Waals surface area (Å²) in [5.41, 5.74) is 4.40. The Hall–Kier alpha value is -3.08. The van der Waals surface area contributed by atoms with E-state index in [1.165, 1.54) is 11.6 Å². The molecule has 5 nitrogen and oxygen atoms in total. The maximum Gasteiger partial charge on any atom is 0.268 e. The van der Waals surface area contributed by atoms with E-state index in [2.05, 4.69) is 5.10 Å². The van der Waals surface area contributed by atoms with Gasteiger partial charge in [-0.3, -0.25) is 14.7 Å². The van der Waals surface area contributed by atoms with Gasteiger partial charge in [-0.05, 0) is 41.7 Å². The van der Waals surface area contributed by atoms with Crippen molar-refractivity contribution in [3.05, 3.63) is 86.8 Å². The molecule has 0 radical (unpaired) electrons. The number of nitrogens with one attached hydrogen (secondary N) is 1. The maximum atomic E-state index is 12.5. The summed E-state index contributed by atoms with van der Waals surface area (Å²) in [6.07, 6.45) is 0.480. The fraction of sp³-hybridized carbons (Fsp3) is 0.304. The number of nitrogens with zero attached hydrogens (tertiary/aromatic N) is 1. The average Bonchev–Trinajstić information content (AvgIpc) is 3.00. The smallest absolute Gasteiger partial charge is 0.268 e. The Morgan fingerprint density at radius 3 is 2.46 bits per heavy atom. The lowest BCUT2D eigenvalue weighted by atomic mass is 9.97. The van der Waals surface area contributed by atoms with Gasteiger partial charge in [-0.15, -0.1) is 0 Å². The first-order valence-corrected chi connectivity index (χ1v) is 9.47. The lowest BCUT2D eigenvalue weighted by molar-refractivity contribution is 0.0915. The Balaban J connectivity index is 1.82. The van der Waals surface area contributed by atoms with E-state index in [0.29, 0.717) is 18.6 Å². The zero-order valence-electron chi connectivity index (χ0n) is 16.8. The molecule has 0 fully saturated rings. The highest BCUT2D eigenvalue weighted by Crippen LogP contribution is 2.24. The van der Waals surface area contributed by atoms with Gasteiger partial charge in [0, 0.05) is 18.9 Å². The Kier molecular flexibility index (Phi) is 5.83. The molecule has 1 heterocycles. The third-order valence-electron chi connectivity index (χ3n) is 4.83. The van der Waals surface area contributed by atoms with E-state index >= 15 is 0 Å². The highest BCUT2D eigenvalue weighted by atomic mass is 16.5. The standard InChI is InChI=1S/C23H26N2O3/c1-15(2)22-21(23(27)24-25(22)17(4)26)13-19-10-11-20(12-16(19)3)28-14-18-8-6-5-7-9-18/h5-12,15H,13-14H2,1-4H3,(H,24,27). The van der Waals surface area contributed by atoms with E-state index in [1.54, 1.807) is 0 Å². The molecule has 3 rings (SSSR count). The number of hydrogen-bond acceptors (Lipinski definition) is 3. The molecular weight excluding hydrogens is 352 g/mol. The minimum atomic E-state index is -0.206. The van der Waals surface area contributed by atoms with Crippen LogP contribution < -0.4 is 10.3 Å². The van der Waals surface area contributed by atoms with Crippen LogP contribution in [0.4, 0.5) is 0 Å². The number of aromatic amines is 1. The van der Waals surface area contributed by atoms with Crippen LogP contribution in [0.1, 0.15) is 59.4 Å². The summed E-state index contributed by atoms with van der Waals surface area (Å²) in [6.45, 7) is 7.95. The fourth-order valence-corrected chi connectivity index (χ4v) is 3.39. The monoisotopic (exact) mass is 378 g/mol. The largest absolute Gasteiger partial charge is 0.489 e. The van der Waals surface area contributed by atoms with E-state index in [4.69, 9.17) is 4.74 Å². The Bertz CT molecular complexity index is 1030. The number of rotatable bonds is 6. The van der Waals surface area contributed by atoms with Gasteiger partial charge in [0.1, 0.15) is 12.4 Å². The summed E-state index contributed by atoms with van der Waals surface area (Å²) in [7, 11) is 0. The SMILES string of the molecule is CC(=O)n1[nH]c(=O)c(Cc2ccc(OCc3ccccc3)cc2C)c1C(C)C. The third-order valence-corrected chi connectivity index (χ3v) is 4.83. The van der Waals surface area contributed by atoms with Gasteiger partial charge < -0.3 is 4.74 Å². The van der Waals surface area contributed by atoms with Crippen LogP contribution in [-0.2, 0) is 13.0 Å². The summed E-state index contributed by atoms with van der Waals surface area (Å²) in [5, 5.41) is 2.67. The van der Waals surface area contributed by atoms with Crippen molar-refractivity contribution in [3.8, 4) is 5.75 Å². The van der Waals surface area contributed by atoms with Crippen LogP contribution in [0.5, 0.6) is 5.75 Å². The van der Waals surface area contributed by atoms with Crippen molar-refractivity contribution in [2.75, 3.05) is 0 Å². The van der Waals surface area contributed by atoms with Gasteiger partial charge in [0.25, 0.3) is 5.56 Å². The first-order valence-electron chi connectivity index (χ1n) is 9.47. The number of carbonyl (C=O) groups is 1. The fourth-order valence-electron chi connectivity index (χ4n) is 3.39. The van der Waals surface area contributed by atoms with Gasteiger partial charge in [0.15, 0.2) is 0 Å². The molecule has 0 spiro atoms. The van der Waals surface area contributed by atoms with Gasteiger partial charge in [0.2, 0.25) is 5.91 Å². The summed E-state index contributed by atoms with van der Waals surface area (Å²) in [4.78, 5) is 24.3. The van der Waals surface area contributed by atoms with Crippen LogP contribution in [0.2, 0.25) is 0 Å². The highest BCUT2D eigenvalue weighted by Gasteiger charge is 2.20. The van der Waals surface area contributed by atoms with Crippen LogP contribution in [0, 0.1) is 6.92 Å². The molecule has 0 atom stereocenters. The normalized spacial score (nSPS) is 11.0. The quantitative estimate of drug-likeness (QED) is 0.690. The third kappa shape index (κ3) is 4.25. The number of benzene rings is 2. The topological polar surface area (TPSA) is 64.1 Å². The number of H-pyrrole nitrogens is 1. The Labute approximate surface area is 165 Å². The molecule has 0 unspecified atom stereocenters. The Morgan fingerprint density at radius 2 is 1.86 bits per heavy atom. The molecule has 2 aromatic carbocycles.